The van der Waals surface area contributed by atoms with E-state index in [-0.39, 0.29) is 11.9 Å². The standard InChI is InChI=1S/C14H16INO2/c1-9(2)11(8-15)16-14(17)13-7-10-5-3-4-6-12(10)18-13/h3-7,9,11H,8H2,1-2H3,(H,16,17). The number of halogens is 1. The Labute approximate surface area is 120 Å². The number of benzene rings is 1. The fourth-order valence-electron chi connectivity index (χ4n) is 1.72. The third-order valence-electron chi connectivity index (χ3n) is 2.94. The van der Waals surface area contributed by atoms with Gasteiger partial charge in [-0.2, -0.15) is 0 Å². The zero-order valence-electron chi connectivity index (χ0n) is 10.4. The predicted octanol–water partition coefficient (Wildman–Crippen LogP) is 3.62. The van der Waals surface area contributed by atoms with Crippen molar-refractivity contribution in [1.29, 1.82) is 0 Å². The number of fused-ring (bicyclic) bond motifs is 1. The van der Waals surface area contributed by atoms with Gasteiger partial charge < -0.3 is 9.73 Å². The first-order valence-electron chi connectivity index (χ1n) is 5.97. The first-order valence-corrected chi connectivity index (χ1v) is 7.49. The van der Waals surface area contributed by atoms with E-state index in [1.54, 1.807) is 6.07 Å². The summed E-state index contributed by atoms with van der Waals surface area (Å²) >= 11 is 2.29. The zero-order chi connectivity index (χ0) is 13.1. The minimum Gasteiger partial charge on any atom is -0.451 e. The van der Waals surface area contributed by atoms with Crippen LogP contribution in [0.15, 0.2) is 34.7 Å². The number of carbonyl (C=O) groups is 1. The van der Waals surface area contributed by atoms with Crippen LogP contribution in [0.5, 0.6) is 0 Å². The molecule has 1 aromatic heterocycles. The third kappa shape index (κ3) is 2.85. The van der Waals surface area contributed by atoms with E-state index in [0.29, 0.717) is 11.7 Å². The summed E-state index contributed by atoms with van der Waals surface area (Å²) in [5, 5.41) is 3.96. The summed E-state index contributed by atoms with van der Waals surface area (Å²) in [4.78, 5) is 12.1. The van der Waals surface area contributed by atoms with Crippen LogP contribution < -0.4 is 5.32 Å². The van der Waals surface area contributed by atoms with Crippen LogP contribution in [-0.4, -0.2) is 16.4 Å². The molecule has 18 heavy (non-hydrogen) atoms. The first-order chi connectivity index (χ1) is 8.61. The molecule has 1 heterocycles. The number of alkyl halides is 1. The van der Waals surface area contributed by atoms with Crippen molar-refractivity contribution >= 4 is 39.5 Å². The summed E-state index contributed by atoms with van der Waals surface area (Å²) in [6.45, 7) is 4.20. The molecule has 0 aliphatic heterocycles. The van der Waals surface area contributed by atoms with Gasteiger partial charge in [0.2, 0.25) is 0 Å². The van der Waals surface area contributed by atoms with Gasteiger partial charge in [0, 0.05) is 15.9 Å². The molecule has 0 radical (unpaired) electrons. The Balaban J connectivity index is 2.18. The van der Waals surface area contributed by atoms with Gasteiger partial charge in [0.05, 0.1) is 0 Å². The number of furan rings is 1. The second-order valence-electron chi connectivity index (χ2n) is 4.63. The highest BCUT2D eigenvalue weighted by molar-refractivity contribution is 14.1. The highest BCUT2D eigenvalue weighted by atomic mass is 127. The average molecular weight is 357 g/mol. The summed E-state index contributed by atoms with van der Waals surface area (Å²) in [7, 11) is 0. The Bertz CT molecular complexity index is 514. The molecular formula is C14H16INO2. The Hall–Kier alpha value is -1.04. The molecule has 2 aromatic rings. The number of rotatable bonds is 4. The lowest BCUT2D eigenvalue weighted by molar-refractivity contribution is 0.0906. The van der Waals surface area contributed by atoms with E-state index in [4.69, 9.17) is 4.42 Å². The minimum absolute atomic E-state index is 0.137. The van der Waals surface area contributed by atoms with Crippen molar-refractivity contribution in [1.82, 2.24) is 5.32 Å². The number of nitrogens with one attached hydrogen (secondary N) is 1. The van der Waals surface area contributed by atoms with Crippen LogP contribution in [0.4, 0.5) is 0 Å². The van der Waals surface area contributed by atoms with E-state index < -0.39 is 0 Å². The molecule has 96 valence electrons. The SMILES string of the molecule is CC(C)C(CI)NC(=O)c1cc2ccccc2o1. The molecule has 0 bridgehead atoms. The average Bonchev–Trinajstić information content (AvgIpc) is 2.79. The zero-order valence-corrected chi connectivity index (χ0v) is 12.6. The van der Waals surface area contributed by atoms with E-state index >= 15 is 0 Å². The molecule has 1 amide bonds. The third-order valence-corrected chi connectivity index (χ3v) is 3.89. The second kappa shape index (κ2) is 5.73. The van der Waals surface area contributed by atoms with Gasteiger partial charge in [-0.05, 0) is 18.1 Å². The summed E-state index contributed by atoms with van der Waals surface area (Å²) < 4.78 is 6.43. The van der Waals surface area contributed by atoms with Crippen LogP contribution in [-0.2, 0) is 0 Å². The lowest BCUT2D eigenvalue weighted by atomic mass is 10.1. The molecule has 1 aromatic carbocycles. The highest BCUT2D eigenvalue weighted by Gasteiger charge is 2.18. The summed E-state index contributed by atoms with van der Waals surface area (Å²) in [5.74, 6) is 0.656. The molecule has 0 saturated heterocycles. The highest BCUT2D eigenvalue weighted by Crippen LogP contribution is 2.19. The molecule has 1 N–H and O–H groups in total. The van der Waals surface area contributed by atoms with Crippen molar-refractivity contribution in [3.8, 4) is 0 Å². The van der Waals surface area contributed by atoms with Gasteiger partial charge in [-0.1, -0.05) is 54.6 Å². The quantitative estimate of drug-likeness (QED) is 0.671. The van der Waals surface area contributed by atoms with Crippen LogP contribution in [0, 0.1) is 5.92 Å². The molecule has 1 unspecified atom stereocenters. The minimum atomic E-state index is -0.137. The molecule has 4 heteroatoms. The Kier molecular flexibility index (Phi) is 4.27. The molecule has 1 atom stereocenters. The topological polar surface area (TPSA) is 42.2 Å². The lowest BCUT2D eigenvalue weighted by Crippen LogP contribution is -2.39. The molecular weight excluding hydrogens is 341 g/mol. The van der Waals surface area contributed by atoms with Crippen molar-refractivity contribution < 1.29 is 9.21 Å². The fraction of sp³-hybridized carbons (Fsp3) is 0.357. The predicted molar refractivity (Wildman–Crippen MR) is 81.2 cm³/mol. The summed E-state index contributed by atoms with van der Waals surface area (Å²) in [6, 6.07) is 9.59. The van der Waals surface area contributed by atoms with E-state index in [1.807, 2.05) is 24.3 Å². The Morgan fingerprint density at radius 3 is 2.72 bits per heavy atom. The van der Waals surface area contributed by atoms with Crippen LogP contribution >= 0.6 is 22.6 Å². The van der Waals surface area contributed by atoms with E-state index in [2.05, 4.69) is 41.8 Å². The van der Waals surface area contributed by atoms with Gasteiger partial charge >= 0.3 is 0 Å². The van der Waals surface area contributed by atoms with E-state index in [0.717, 1.165) is 15.4 Å². The summed E-state index contributed by atoms with van der Waals surface area (Å²) in [6.07, 6.45) is 0. The van der Waals surface area contributed by atoms with Gasteiger partial charge in [-0.25, -0.2) is 0 Å². The summed E-state index contributed by atoms with van der Waals surface area (Å²) in [5.41, 5.74) is 0.748. The van der Waals surface area contributed by atoms with Crippen molar-refractivity contribution in [3.05, 3.63) is 36.1 Å². The van der Waals surface area contributed by atoms with Gasteiger partial charge in [0.15, 0.2) is 5.76 Å². The molecule has 3 nitrogen and oxygen atoms in total. The van der Waals surface area contributed by atoms with Gasteiger partial charge in [0.1, 0.15) is 5.58 Å². The first kappa shape index (κ1) is 13.4. The maximum atomic E-state index is 12.1. The normalized spacial score (nSPS) is 12.9. The number of hydrogen-bond acceptors (Lipinski definition) is 2. The van der Waals surface area contributed by atoms with E-state index in [9.17, 15) is 4.79 Å². The smallest absolute Gasteiger partial charge is 0.287 e. The molecule has 2 rings (SSSR count). The molecule has 0 saturated carbocycles. The monoisotopic (exact) mass is 357 g/mol. The maximum absolute atomic E-state index is 12.1. The van der Waals surface area contributed by atoms with Crippen molar-refractivity contribution in [2.75, 3.05) is 4.43 Å². The molecule has 0 fully saturated rings. The molecule has 0 aliphatic carbocycles. The molecule has 0 spiro atoms. The number of hydrogen-bond donors (Lipinski definition) is 1. The van der Waals surface area contributed by atoms with Crippen LogP contribution in [0.25, 0.3) is 11.0 Å². The van der Waals surface area contributed by atoms with Crippen LogP contribution in [0.1, 0.15) is 24.4 Å². The van der Waals surface area contributed by atoms with Crippen LogP contribution in [0.3, 0.4) is 0 Å². The van der Waals surface area contributed by atoms with Crippen molar-refractivity contribution in [2.45, 2.75) is 19.9 Å². The van der Waals surface area contributed by atoms with E-state index in [1.165, 1.54) is 0 Å². The Morgan fingerprint density at radius 2 is 2.11 bits per heavy atom. The number of carbonyl (C=O) groups excluding carboxylic acids is 1. The van der Waals surface area contributed by atoms with Crippen molar-refractivity contribution in [2.24, 2.45) is 5.92 Å². The van der Waals surface area contributed by atoms with Gasteiger partial charge in [0.25, 0.3) is 5.91 Å². The number of amides is 1. The van der Waals surface area contributed by atoms with Gasteiger partial charge in [-0.3, -0.25) is 4.79 Å². The van der Waals surface area contributed by atoms with Crippen LogP contribution in [0.2, 0.25) is 0 Å². The second-order valence-corrected chi connectivity index (χ2v) is 5.51. The lowest BCUT2D eigenvalue weighted by Gasteiger charge is -2.18. The van der Waals surface area contributed by atoms with Gasteiger partial charge in [-0.15, -0.1) is 0 Å². The van der Waals surface area contributed by atoms with Crippen molar-refractivity contribution in [3.63, 3.8) is 0 Å². The maximum Gasteiger partial charge on any atom is 0.287 e. The number of para-hydroxylation sites is 1. The Morgan fingerprint density at radius 1 is 1.39 bits per heavy atom. The largest absolute Gasteiger partial charge is 0.451 e. The fourth-order valence-corrected chi connectivity index (χ4v) is 2.95. The molecule has 0 aliphatic rings.